The van der Waals surface area contributed by atoms with Gasteiger partial charge in [-0.1, -0.05) is 23.7 Å². The van der Waals surface area contributed by atoms with Crippen molar-refractivity contribution in [3.05, 3.63) is 58.0 Å². The summed E-state index contributed by atoms with van der Waals surface area (Å²) in [6.07, 6.45) is 0. The van der Waals surface area contributed by atoms with Crippen LogP contribution in [-0.2, 0) is 18.4 Å². The van der Waals surface area contributed by atoms with Crippen LogP contribution in [0.5, 0.6) is 5.75 Å². The van der Waals surface area contributed by atoms with E-state index in [1.54, 1.807) is 25.2 Å². The Morgan fingerprint density at radius 1 is 1.21 bits per heavy atom. The number of aromatic nitrogens is 2. The first-order valence-electron chi connectivity index (χ1n) is 7.29. The van der Waals surface area contributed by atoms with Crippen LogP contribution >= 0.6 is 11.6 Å². The third-order valence-corrected chi connectivity index (χ3v) is 4.08. The molecule has 0 fully saturated rings. The van der Waals surface area contributed by atoms with Gasteiger partial charge in [0.1, 0.15) is 12.3 Å². The van der Waals surface area contributed by atoms with Crippen LogP contribution in [0.4, 0.5) is 5.69 Å². The summed E-state index contributed by atoms with van der Waals surface area (Å²) in [7, 11) is 3.20. The molecule has 0 saturated carbocycles. The van der Waals surface area contributed by atoms with Crippen LogP contribution in [0, 0.1) is 0 Å². The van der Waals surface area contributed by atoms with Gasteiger partial charge in [-0.15, -0.1) is 0 Å². The number of nitrogens with one attached hydrogen (secondary N) is 1. The predicted octanol–water partition coefficient (Wildman–Crippen LogP) is 2.64. The summed E-state index contributed by atoms with van der Waals surface area (Å²) in [5.41, 5.74) is 1.80. The van der Waals surface area contributed by atoms with E-state index in [2.05, 4.69) is 5.32 Å². The fraction of sp³-hybridized carbons (Fsp3) is 0.176. The first-order chi connectivity index (χ1) is 11.5. The molecule has 0 bridgehead atoms. The average Bonchev–Trinajstić information content (AvgIpc) is 2.80. The fourth-order valence-corrected chi connectivity index (χ4v) is 2.86. The largest absolute Gasteiger partial charge is 0.495 e. The second-order valence-electron chi connectivity index (χ2n) is 5.31. The molecule has 0 aliphatic heterocycles. The Hall–Kier alpha value is -2.73. The Bertz CT molecular complexity index is 975. The highest BCUT2D eigenvalue weighted by atomic mass is 35.5. The quantitative estimate of drug-likeness (QED) is 0.790. The van der Waals surface area contributed by atoms with E-state index < -0.39 is 0 Å². The van der Waals surface area contributed by atoms with Gasteiger partial charge in [-0.25, -0.2) is 4.79 Å². The van der Waals surface area contributed by atoms with Crippen LogP contribution in [-0.4, -0.2) is 22.2 Å². The molecule has 0 aliphatic carbocycles. The third-order valence-electron chi connectivity index (χ3n) is 3.79. The molecule has 7 heteroatoms. The lowest BCUT2D eigenvalue weighted by molar-refractivity contribution is -0.116. The van der Waals surface area contributed by atoms with Gasteiger partial charge in [0.25, 0.3) is 0 Å². The van der Waals surface area contributed by atoms with Crippen molar-refractivity contribution < 1.29 is 9.53 Å². The highest BCUT2D eigenvalue weighted by Crippen LogP contribution is 2.27. The lowest BCUT2D eigenvalue weighted by Gasteiger charge is -2.08. The molecule has 1 aromatic heterocycles. The number of anilines is 1. The number of methoxy groups -OCH3 is 1. The summed E-state index contributed by atoms with van der Waals surface area (Å²) in [5.74, 6) is 0.217. The van der Waals surface area contributed by atoms with Crippen LogP contribution in [0.15, 0.2) is 47.3 Å². The molecule has 3 rings (SSSR count). The molecule has 0 radical (unpaired) electrons. The molecule has 24 heavy (non-hydrogen) atoms. The van der Waals surface area contributed by atoms with Crippen LogP contribution in [0.1, 0.15) is 0 Å². The number of carbonyl (C=O) groups is 1. The zero-order chi connectivity index (χ0) is 17.3. The molecule has 1 N–H and O–H groups in total. The van der Waals surface area contributed by atoms with Gasteiger partial charge in [-0.05, 0) is 30.3 Å². The monoisotopic (exact) mass is 345 g/mol. The first-order valence-corrected chi connectivity index (χ1v) is 7.66. The molecule has 2 aromatic carbocycles. The van der Waals surface area contributed by atoms with Gasteiger partial charge >= 0.3 is 5.69 Å². The van der Waals surface area contributed by atoms with Crippen molar-refractivity contribution in [3.63, 3.8) is 0 Å². The lowest BCUT2D eigenvalue weighted by Crippen LogP contribution is -2.28. The Balaban J connectivity index is 1.84. The smallest absolute Gasteiger partial charge is 0.329 e. The number of fused-ring (bicyclic) bond motifs is 1. The van der Waals surface area contributed by atoms with E-state index in [1.807, 2.05) is 24.3 Å². The normalized spacial score (nSPS) is 10.8. The lowest BCUT2D eigenvalue weighted by atomic mass is 10.3. The van der Waals surface area contributed by atoms with Crippen molar-refractivity contribution >= 4 is 34.2 Å². The zero-order valence-corrected chi connectivity index (χ0v) is 14.0. The molecule has 0 unspecified atom stereocenters. The number of para-hydroxylation sites is 2. The number of nitrogens with zero attached hydrogens (tertiary/aromatic N) is 2. The fourth-order valence-electron chi connectivity index (χ4n) is 2.60. The molecule has 124 valence electrons. The second-order valence-corrected chi connectivity index (χ2v) is 5.72. The average molecular weight is 346 g/mol. The number of ether oxygens (including phenoxy) is 1. The zero-order valence-electron chi connectivity index (χ0n) is 13.2. The van der Waals surface area contributed by atoms with E-state index in [0.717, 1.165) is 5.52 Å². The van der Waals surface area contributed by atoms with Crippen molar-refractivity contribution in [2.45, 2.75) is 6.54 Å². The SMILES string of the molecule is COc1ccc(NC(=O)Cn2c(=O)n(C)c3ccccc32)cc1Cl. The van der Waals surface area contributed by atoms with Gasteiger partial charge in [0, 0.05) is 12.7 Å². The molecule has 6 nitrogen and oxygen atoms in total. The minimum absolute atomic E-state index is 0.0795. The minimum Gasteiger partial charge on any atom is -0.495 e. The maximum atomic E-state index is 12.3. The predicted molar refractivity (Wildman–Crippen MR) is 93.8 cm³/mol. The highest BCUT2D eigenvalue weighted by molar-refractivity contribution is 6.32. The maximum Gasteiger partial charge on any atom is 0.329 e. The van der Waals surface area contributed by atoms with Crippen molar-refractivity contribution in [1.29, 1.82) is 0 Å². The van der Waals surface area contributed by atoms with E-state index in [1.165, 1.54) is 16.2 Å². The number of hydrogen-bond acceptors (Lipinski definition) is 3. The molecule has 0 spiro atoms. The molecular formula is C17H16ClN3O3. The van der Waals surface area contributed by atoms with E-state index >= 15 is 0 Å². The molecule has 1 amide bonds. The van der Waals surface area contributed by atoms with Crippen LogP contribution in [0.3, 0.4) is 0 Å². The number of hydrogen-bond donors (Lipinski definition) is 1. The molecular weight excluding hydrogens is 330 g/mol. The summed E-state index contributed by atoms with van der Waals surface area (Å²) < 4.78 is 8.04. The Morgan fingerprint density at radius 2 is 1.92 bits per heavy atom. The van der Waals surface area contributed by atoms with Gasteiger partial charge in [-0.3, -0.25) is 13.9 Å². The van der Waals surface area contributed by atoms with Gasteiger partial charge in [-0.2, -0.15) is 0 Å². The van der Waals surface area contributed by atoms with E-state index in [9.17, 15) is 9.59 Å². The Morgan fingerprint density at radius 3 is 2.58 bits per heavy atom. The Labute approximate surface area is 143 Å². The van der Waals surface area contributed by atoms with E-state index in [-0.39, 0.29) is 18.1 Å². The van der Waals surface area contributed by atoms with Crippen LogP contribution in [0.25, 0.3) is 11.0 Å². The summed E-state index contributed by atoms with van der Waals surface area (Å²) in [5, 5.41) is 3.14. The first kappa shape index (κ1) is 16.1. The molecule has 0 atom stereocenters. The number of imidazole rings is 1. The van der Waals surface area contributed by atoms with E-state index in [4.69, 9.17) is 16.3 Å². The highest BCUT2D eigenvalue weighted by Gasteiger charge is 2.13. The number of rotatable bonds is 4. The Kier molecular flexibility index (Phi) is 4.31. The van der Waals surface area contributed by atoms with E-state index in [0.29, 0.717) is 22.0 Å². The standard InChI is InChI=1S/C17H16ClN3O3/c1-20-13-5-3-4-6-14(13)21(17(20)23)10-16(22)19-11-7-8-15(24-2)12(18)9-11/h3-9H,10H2,1-2H3,(H,19,22). The molecule has 0 aliphatic rings. The summed E-state index contributed by atoms with van der Waals surface area (Å²) in [6, 6.07) is 12.3. The number of halogens is 1. The second kappa shape index (κ2) is 6.41. The number of amides is 1. The third kappa shape index (κ3) is 2.88. The molecule has 1 heterocycles. The topological polar surface area (TPSA) is 65.3 Å². The van der Waals surface area contributed by atoms with Crippen molar-refractivity contribution in [2.75, 3.05) is 12.4 Å². The van der Waals surface area contributed by atoms with Crippen LogP contribution < -0.4 is 15.7 Å². The molecule has 0 saturated heterocycles. The number of benzene rings is 2. The maximum absolute atomic E-state index is 12.3. The van der Waals surface area contributed by atoms with Gasteiger partial charge in [0.2, 0.25) is 5.91 Å². The van der Waals surface area contributed by atoms with Crippen molar-refractivity contribution in [2.24, 2.45) is 7.05 Å². The van der Waals surface area contributed by atoms with Gasteiger partial charge in [0.05, 0.1) is 23.2 Å². The van der Waals surface area contributed by atoms with Crippen molar-refractivity contribution in [3.8, 4) is 5.75 Å². The number of aryl methyl sites for hydroxylation is 1. The van der Waals surface area contributed by atoms with Crippen molar-refractivity contribution in [1.82, 2.24) is 9.13 Å². The molecule has 3 aromatic rings. The summed E-state index contributed by atoms with van der Waals surface area (Å²) in [4.78, 5) is 24.6. The van der Waals surface area contributed by atoms with Gasteiger partial charge < -0.3 is 10.1 Å². The minimum atomic E-state index is -0.310. The van der Waals surface area contributed by atoms with Crippen LogP contribution in [0.2, 0.25) is 5.02 Å². The summed E-state index contributed by atoms with van der Waals surface area (Å²) in [6.45, 7) is -0.0795. The number of carbonyl (C=O) groups excluding carboxylic acids is 1. The van der Waals surface area contributed by atoms with Gasteiger partial charge in [0.15, 0.2) is 0 Å². The summed E-state index contributed by atoms with van der Waals surface area (Å²) >= 11 is 6.04.